The Morgan fingerprint density at radius 1 is 1.43 bits per heavy atom. The standard InChI is InChI=1S/C16H25N3OS/c1-17-12-14-5-9-19(10-6-14)16(20)7-11-21-13-15-4-2-3-8-18-15/h2-4,8,14,17H,5-7,9-13H2,1H3. The van der Waals surface area contributed by atoms with Gasteiger partial charge in [-0.15, -0.1) is 0 Å². The van der Waals surface area contributed by atoms with Gasteiger partial charge in [0.2, 0.25) is 5.91 Å². The van der Waals surface area contributed by atoms with Crippen molar-refractivity contribution < 1.29 is 4.79 Å². The van der Waals surface area contributed by atoms with E-state index in [4.69, 9.17) is 0 Å². The van der Waals surface area contributed by atoms with Gasteiger partial charge in [-0.3, -0.25) is 9.78 Å². The van der Waals surface area contributed by atoms with E-state index in [9.17, 15) is 4.79 Å². The van der Waals surface area contributed by atoms with Crippen molar-refractivity contribution in [3.63, 3.8) is 0 Å². The number of piperidine rings is 1. The number of amides is 1. The van der Waals surface area contributed by atoms with Gasteiger partial charge in [0.1, 0.15) is 0 Å². The maximum Gasteiger partial charge on any atom is 0.223 e. The largest absolute Gasteiger partial charge is 0.343 e. The number of carbonyl (C=O) groups is 1. The first kappa shape index (κ1) is 16.3. The molecule has 5 heteroatoms. The van der Waals surface area contributed by atoms with Crippen molar-refractivity contribution in [1.29, 1.82) is 0 Å². The van der Waals surface area contributed by atoms with E-state index >= 15 is 0 Å². The molecule has 1 aromatic heterocycles. The second-order valence-electron chi connectivity index (χ2n) is 5.51. The van der Waals surface area contributed by atoms with Gasteiger partial charge in [0, 0.05) is 37.2 Å². The van der Waals surface area contributed by atoms with Gasteiger partial charge >= 0.3 is 0 Å². The van der Waals surface area contributed by atoms with Gasteiger partial charge in [-0.25, -0.2) is 0 Å². The summed E-state index contributed by atoms with van der Waals surface area (Å²) < 4.78 is 0. The van der Waals surface area contributed by atoms with E-state index in [1.807, 2.05) is 36.3 Å². The highest BCUT2D eigenvalue weighted by atomic mass is 32.2. The zero-order valence-corrected chi connectivity index (χ0v) is 13.6. The molecule has 0 aromatic carbocycles. The minimum absolute atomic E-state index is 0.312. The molecule has 1 aliphatic rings. The average Bonchev–Trinajstić information content (AvgIpc) is 2.53. The van der Waals surface area contributed by atoms with Crippen molar-refractivity contribution in [3.05, 3.63) is 30.1 Å². The molecule has 4 nitrogen and oxygen atoms in total. The van der Waals surface area contributed by atoms with Gasteiger partial charge in [-0.05, 0) is 44.5 Å². The lowest BCUT2D eigenvalue weighted by Gasteiger charge is -2.32. The lowest BCUT2D eigenvalue weighted by Crippen LogP contribution is -2.40. The minimum atomic E-state index is 0.312. The Kier molecular flexibility index (Phi) is 7.03. The lowest BCUT2D eigenvalue weighted by molar-refractivity contribution is -0.132. The van der Waals surface area contributed by atoms with E-state index in [1.165, 1.54) is 0 Å². The number of nitrogens with one attached hydrogen (secondary N) is 1. The van der Waals surface area contributed by atoms with Crippen molar-refractivity contribution in [2.24, 2.45) is 5.92 Å². The van der Waals surface area contributed by atoms with Gasteiger partial charge in [-0.2, -0.15) is 11.8 Å². The molecule has 1 N–H and O–H groups in total. The van der Waals surface area contributed by atoms with Crippen LogP contribution in [-0.4, -0.2) is 48.2 Å². The van der Waals surface area contributed by atoms with E-state index in [2.05, 4.69) is 10.3 Å². The summed E-state index contributed by atoms with van der Waals surface area (Å²) >= 11 is 1.79. The van der Waals surface area contributed by atoms with Gasteiger partial charge in [0.25, 0.3) is 0 Å². The number of rotatable bonds is 7. The van der Waals surface area contributed by atoms with Crippen molar-refractivity contribution in [1.82, 2.24) is 15.2 Å². The van der Waals surface area contributed by atoms with Gasteiger partial charge in [-0.1, -0.05) is 6.07 Å². The zero-order chi connectivity index (χ0) is 14.9. The number of hydrogen-bond acceptors (Lipinski definition) is 4. The second kappa shape index (κ2) is 9.05. The third-order valence-corrected chi connectivity index (χ3v) is 4.89. The predicted octanol–water partition coefficient (Wildman–Crippen LogP) is 2.16. The molecule has 2 heterocycles. The van der Waals surface area contributed by atoms with Crippen molar-refractivity contribution >= 4 is 17.7 Å². The molecule has 0 saturated carbocycles. The monoisotopic (exact) mass is 307 g/mol. The normalized spacial score (nSPS) is 16.1. The van der Waals surface area contributed by atoms with Crippen LogP contribution >= 0.6 is 11.8 Å². The summed E-state index contributed by atoms with van der Waals surface area (Å²) in [5.74, 6) is 2.81. The molecule has 0 unspecified atom stereocenters. The Labute approximate surface area is 131 Å². The number of nitrogens with zero attached hydrogens (tertiary/aromatic N) is 2. The van der Waals surface area contributed by atoms with Crippen molar-refractivity contribution in [2.75, 3.05) is 32.4 Å². The van der Waals surface area contributed by atoms with Crippen LogP contribution in [0.25, 0.3) is 0 Å². The first-order valence-electron chi connectivity index (χ1n) is 7.69. The summed E-state index contributed by atoms with van der Waals surface area (Å²) in [5, 5.41) is 3.23. The molecule has 21 heavy (non-hydrogen) atoms. The van der Waals surface area contributed by atoms with E-state index < -0.39 is 0 Å². The van der Waals surface area contributed by atoms with Crippen LogP contribution in [0.4, 0.5) is 0 Å². The molecular weight excluding hydrogens is 282 g/mol. The first-order valence-corrected chi connectivity index (χ1v) is 8.85. The maximum absolute atomic E-state index is 12.2. The summed E-state index contributed by atoms with van der Waals surface area (Å²) in [6.45, 7) is 2.92. The van der Waals surface area contributed by atoms with E-state index in [0.717, 1.165) is 55.6 Å². The molecule has 0 radical (unpaired) electrons. The summed E-state index contributed by atoms with van der Waals surface area (Å²) in [4.78, 5) is 18.5. The van der Waals surface area contributed by atoms with Crippen LogP contribution in [0, 0.1) is 5.92 Å². The third kappa shape index (κ3) is 5.67. The molecule has 1 saturated heterocycles. The van der Waals surface area contributed by atoms with Crippen LogP contribution in [0.2, 0.25) is 0 Å². The lowest BCUT2D eigenvalue weighted by atomic mass is 9.97. The van der Waals surface area contributed by atoms with Crippen molar-refractivity contribution in [2.45, 2.75) is 25.0 Å². The van der Waals surface area contributed by atoms with E-state index in [-0.39, 0.29) is 0 Å². The maximum atomic E-state index is 12.2. The summed E-state index contributed by atoms with van der Waals surface area (Å²) in [6, 6.07) is 5.96. The Morgan fingerprint density at radius 2 is 2.24 bits per heavy atom. The number of hydrogen-bond donors (Lipinski definition) is 1. The molecule has 1 aromatic rings. The summed E-state index contributed by atoms with van der Waals surface area (Å²) in [7, 11) is 2.00. The number of pyridine rings is 1. The first-order chi connectivity index (χ1) is 10.3. The highest BCUT2D eigenvalue weighted by Crippen LogP contribution is 2.18. The fraction of sp³-hybridized carbons (Fsp3) is 0.625. The number of thioether (sulfide) groups is 1. The Hall–Kier alpha value is -1.07. The SMILES string of the molecule is CNCC1CCN(C(=O)CCSCc2ccccn2)CC1. The summed E-state index contributed by atoms with van der Waals surface area (Å²) in [6.07, 6.45) is 4.73. The van der Waals surface area contributed by atoms with E-state index in [0.29, 0.717) is 12.3 Å². The Bertz CT molecular complexity index is 419. The smallest absolute Gasteiger partial charge is 0.223 e. The number of likely N-dealkylation sites (tertiary alicyclic amines) is 1. The molecule has 1 aliphatic heterocycles. The van der Waals surface area contributed by atoms with Crippen LogP contribution in [-0.2, 0) is 10.5 Å². The highest BCUT2D eigenvalue weighted by molar-refractivity contribution is 7.98. The van der Waals surface area contributed by atoms with Crippen LogP contribution in [0.5, 0.6) is 0 Å². The van der Waals surface area contributed by atoms with Crippen molar-refractivity contribution in [3.8, 4) is 0 Å². The second-order valence-corrected chi connectivity index (χ2v) is 6.61. The molecular formula is C16H25N3OS. The Morgan fingerprint density at radius 3 is 2.90 bits per heavy atom. The predicted molar refractivity (Wildman–Crippen MR) is 88.2 cm³/mol. The fourth-order valence-corrected chi connectivity index (χ4v) is 3.50. The van der Waals surface area contributed by atoms with Crippen LogP contribution in [0.3, 0.4) is 0 Å². The molecule has 1 fully saturated rings. The molecule has 0 spiro atoms. The topological polar surface area (TPSA) is 45.2 Å². The van der Waals surface area contributed by atoms with Gasteiger partial charge in [0.05, 0.1) is 5.69 Å². The molecule has 2 rings (SSSR count). The highest BCUT2D eigenvalue weighted by Gasteiger charge is 2.21. The molecule has 0 bridgehead atoms. The molecule has 0 aliphatic carbocycles. The van der Waals surface area contributed by atoms with Crippen LogP contribution in [0.15, 0.2) is 24.4 Å². The van der Waals surface area contributed by atoms with Crippen LogP contribution < -0.4 is 5.32 Å². The third-order valence-electron chi connectivity index (χ3n) is 3.90. The number of aromatic nitrogens is 1. The Balaban J connectivity index is 1.60. The quantitative estimate of drug-likeness (QED) is 0.784. The molecule has 1 amide bonds. The average molecular weight is 307 g/mol. The van der Waals surface area contributed by atoms with Gasteiger partial charge < -0.3 is 10.2 Å². The summed E-state index contributed by atoms with van der Waals surface area (Å²) in [5.41, 5.74) is 1.09. The molecule has 116 valence electrons. The van der Waals surface area contributed by atoms with E-state index in [1.54, 1.807) is 11.8 Å². The fourth-order valence-electron chi connectivity index (χ4n) is 2.65. The van der Waals surface area contributed by atoms with Gasteiger partial charge in [0.15, 0.2) is 0 Å². The number of carbonyl (C=O) groups excluding carboxylic acids is 1. The molecule has 0 atom stereocenters. The minimum Gasteiger partial charge on any atom is -0.343 e. The van der Waals surface area contributed by atoms with Crippen LogP contribution in [0.1, 0.15) is 25.0 Å². The zero-order valence-electron chi connectivity index (χ0n) is 12.8.